The van der Waals surface area contributed by atoms with Crippen molar-refractivity contribution < 1.29 is 4.42 Å². The molecule has 0 saturated carbocycles. The monoisotopic (exact) mass is 694 g/mol. The third-order valence-electron chi connectivity index (χ3n) is 10.5. The first-order chi connectivity index (χ1) is 26.7. The highest BCUT2D eigenvalue weighted by Gasteiger charge is 2.25. The summed E-state index contributed by atoms with van der Waals surface area (Å²) < 4.78 is 10.7. The van der Waals surface area contributed by atoms with Crippen LogP contribution in [0.25, 0.3) is 112 Å². The SMILES string of the molecule is C=Cc1c(/C=C\C)n(-c2cnc3ccccc3n2)c2ccc3c(c4ccccc4n3-c3nc4ccccc4nc3-c3ccc4oc5ccccc5c4c3)c12. The molecule has 0 unspecified atom stereocenters. The van der Waals surface area contributed by atoms with E-state index in [1.807, 2.05) is 92.0 Å². The van der Waals surface area contributed by atoms with Gasteiger partial charge in [-0.1, -0.05) is 79.4 Å². The molecular formula is C47H30N6O. The van der Waals surface area contributed by atoms with Gasteiger partial charge in [0.25, 0.3) is 0 Å². The number of rotatable bonds is 5. The van der Waals surface area contributed by atoms with Crippen molar-refractivity contribution >= 4 is 88.9 Å². The van der Waals surface area contributed by atoms with Crippen molar-refractivity contribution in [1.29, 1.82) is 0 Å². The fourth-order valence-corrected chi connectivity index (χ4v) is 8.16. The van der Waals surface area contributed by atoms with E-state index in [0.29, 0.717) is 0 Å². The van der Waals surface area contributed by atoms with Gasteiger partial charge in [0, 0.05) is 38.1 Å². The van der Waals surface area contributed by atoms with E-state index in [4.69, 9.17) is 24.4 Å². The standard InChI is InChI=1S/C47H30N6O/c1-3-13-37-29(4-2)44-39(52(37)43-27-48-33-16-7-8-17-34(33)49-43)23-24-40-45(44)31-15-5-11-20-38(31)53(40)47-46(50-35-18-9-10-19-36(35)51-47)28-22-25-42-32(26-28)30-14-6-12-21-41(30)54-42/h3-27H,2H2,1H3/b13-3-. The maximum atomic E-state index is 6.21. The quantitative estimate of drug-likeness (QED) is 0.179. The summed E-state index contributed by atoms with van der Waals surface area (Å²) in [5.74, 6) is 1.49. The molecule has 11 rings (SSSR count). The van der Waals surface area contributed by atoms with Crippen LogP contribution in [0.4, 0.5) is 0 Å². The zero-order valence-electron chi connectivity index (χ0n) is 29.2. The molecule has 0 spiro atoms. The van der Waals surface area contributed by atoms with Crippen molar-refractivity contribution in [1.82, 2.24) is 29.1 Å². The van der Waals surface area contributed by atoms with E-state index >= 15 is 0 Å². The molecular weight excluding hydrogens is 665 g/mol. The topological polar surface area (TPSA) is 74.6 Å². The zero-order valence-corrected chi connectivity index (χ0v) is 29.2. The van der Waals surface area contributed by atoms with E-state index in [1.165, 1.54) is 0 Å². The minimum absolute atomic E-state index is 0.743. The molecule has 0 aliphatic carbocycles. The lowest BCUT2D eigenvalue weighted by molar-refractivity contribution is 0.669. The Labute approximate surface area is 308 Å². The number of para-hydroxylation sites is 6. The average Bonchev–Trinajstić information content (AvgIpc) is 3.87. The summed E-state index contributed by atoms with van der Waals surface area (Å²) in [4.78, 5) is 20.6. The molecule has 5 aromatic heterocycles. The molecule has 0 amide bonds. The first-order valence-electron chi connectivity index (χ1n) is 18.0. The molecule has 5 heterocycles. The summed E-state index contributed by atoms with van der Waals surface area (Å²) in [5.41, 5.74) is 11.8. The van der Waals surface area contributed by atoms with E-state index in [9.17, 15) is 0 Å². The molecule has 0 atom stereocenters. The van der Waals surface area contributed by atoms with Crippen molar-refractivity contribution in [2.24, 2.45) is 0 Å². The second kappa shape index (κ2) is 11.6. The number of hydrogen-bond acceptors (Lipinski definition) is 5. The molecule has 54 heavy (non-hydrogen) atoms. The van der Waals surface area contributed by atoms with Crippen molar-refractivity contribution in [2.45, 2.75) is 6.92 Å². The van der Waals surface area contributed by atoms with Gasteiger partial charge < -0.3 is 4.42 Å². The molecule has 11 aromatic rings. The van der Waals surface area contributed by atoms with Crippen LogP contribution in [0.2, 0.25) is 0 Å². The zero-order chi connectivity index (χ0) is 35.9. The fraction of sp³-hybridized carbons (Fsp3) is 0.0213. The number of furan rings is 1. The number of hydrogen-bond donors (Lipinski definition) is 0. The van der Waals surface area contributed by atoms with Crippen LogP contribution in [0, 0.1) is 0 Å². The van der Waals surface area contributed by atoms with Crippen molar-refractivity contribution in [2.75, 3.05) is 0 Å². The number of aromatic nitrogens is 6. The van der Waals surface area contributed by atoms with Gasteiger partial charge in [-0.3, -0.25) is 14.1 Å². The van der Waals surface area contributed by atoms with Crippen molar-refractivity contribution in [3.05, 3.63) is 158 Å². The Morgan fingerprint density at radius 1 is 0.593 bits per heavy atom. The first kappa shape index (κ1) is 30.3. The lowest BCUT2D eigenvalue weighted by Gasteiger charge is -2.14. The molecule has 0 saturated heterocycles. The van der Waals surface area contributed by atoms with Crippen LogP contribution in [-0.4, -0.2) is 29.1 Å². The molecule has 7 nitrogen and oxygen atoms in total. The van der Waals surface area contributed by atoms with Gasteiger partial charge in [-0.25, -0.2) is 15.0 Å². The highest BCUT2D eigenvalue weighted by Crippen LogP contribution is 2.43. The average molecular weight is 695 g/mol. The minimum atomic E-state index is 0.743. The van der Waals surface area contributed by atoms with Crippen molar-refractivity contribution in [3.8, 4) is 22.9 Å². The molecule has 6 aromatic carbocycles. The van der Waals surface area contributed by atoms with Gasteiger partial charge >= 0.3 is 0 Å². The Kier molecular flexibility index (Phi) is 6.48. The number of nitrogens with zero attached hydrogens (tertiary/aromatic N) is 6. The van der Waals surface area contributed by atoms with E-state index in [1.54, 1.807) is 0 Å². The van der Waals surface area contributed by atoms with Gasteiger partial charge in [-0.05, 0) is 79.7 Å². The Balaban J connectivity index is 1.25. The largest absolute Gasteiger partial charge is 0.456 e. The number of benzene rings is 6. The molecule has 0 N–H and O–H groups in total. The van der Waals surface area contributed by atoms with Crippen LogP contribution in [-0.2, 0) is 0 Å². The maximum Gasteiger partial charge on any atom is 0.165 e. The molecule has 7 heteroatoms. The molecule has 0 bridgehead atoms. The molecule has 254 valence electrons. The Morgan fingerprint density at radius 3 is 2.06 bits per heavy atom. The van der Waals surface area contributed by atoms with Crippen LogP contribution in [0.5, 0.6) is 0 Å². The van der Waals surface area contributed by atoms with Gasteiger partial charge in [-0.2, -0.15) is 0 Å². The lowest BCUT2D eigenvalue weighted by atomic mass is 10.0. The van der Waals surface area contributed by atoms with E-state index in [-0.39, 0.29) is 0 Å². The number of allylic oxidation sites excluding steroid dienone is 1. The lowest BCUT2D eigenvalue weighted by Crippen LogP contribution is -2.04. The smallest absolute Gasteiger partial charge is 0.165 e. The Bertz CT molecular complexity index is 3380. The minimum Gasteiger partial charge on any atom is -0.456 e. The summed E-state index contributed by atoms with van der Waals surface area (Å²) in [6.07, 6.45) is 8.00. The van der Waals surface area contributed by atoms with Crippen LogP contribution < -0.4 is 0 Å². The van der Waals surface area contributed by atoms with Gasteiger partial charge in [0.2, 0.25) is 0 Å². The van der Waals surface area contributed by atoms with E-state index in [2.05, 4.69) is 82.5 Å². The molecule has 0 aliphatic heterocycles. The second-order valence-electron chi connectivity index (χ2n) is 13.5. The van der Waals surface area contributed by atoms with E-state index in [0.717, 1.165) is 111 Å². The normalized spacial score (nSPS) is 12.2. The van der Waals surface area contributed by atoms with E-state index < -0.39 is 0 Å². The van der Waals surface area contributed by atoms with Crippen LogP contribution in [0.3, 0.4) is 0 Å². The predicted octanol–water partition coefficient (Wildman–Crippen LogP) is 11.9. The number of fused-ring (bicyclic) bond motifs is 10. The van der Waals surface area contributed by atoms with Gasteiger partial charge in [0.15, 0.2) is 11.6 Å². The summed E-state index contributed by atoms with van der Waals surface area (Å²) in [7, 11) is 0. The fourth-order valence-electron chi connectivity index (χ4n) is 8.16. The Hall–Kier alpha value is -7.38. The summed E-state index contributed by atoms with van der Waals surface area (Å²) >= 11 is 0. The highest BCUT2D eigenvalue weighted by molar-refractivity contribution is 6.24. The second-order valence-corrected chi connectivity index (χ2v) is 13.5. The van der Waals surface area contributed by atoms with Gasteiger partial charge in [-0.15, -0.1) is 0 Å². The Morgan fingerprint density at radius 2 is 1.26 bits per heavy atom. The molecule has 0 radical (unpaired) electrons. The van der Waals surface area contributed by atoms with Gasteiger partial charge in [0.1, 0.15) is 16.9 Å². The summed E-state index contributed by atoms with van der Waals surface area (Å²) in [5, 5.41) is 5.40. The highest BCUT2D eigenvalue weighted by atomic mass is 16.3. The van der Waals surface area contributed by atoms with Crippen LogP contribution in [0.15, 0.2) is 151 Å². The van der Waals surface area contributed by atoms with Crippen LogP contribution >= 0.6 is 0 Å². The molecule has 0 fully saturated rings. The maximum absolute atomic E-state index is 6.21. The third kappa shape index (κ3) is 4.29. The molecule has 0 aliphatic rings. The van der Waals surface area contributed by atoms with Gasteiger partial charge in [0.05, 0.1) is 50.5 Å². The third-order valence-corrected chi connectivity index (χ3v) is 10.5. The summed E-state index contributed by atoms with van der Waals surface area (Å²) in [6, 6.07) is 43.4. The predicted molar refractivity (Wildman–Crippen MR) is 221 cm³/mol. The van der Waals surface area contributed by atoms with Crippen LogP contribution in [0.1, 0.15) is 18.2 Å². The first-order valence-corrected chi connectivity index (χ1v) is 18.0. The summed E-state index contributed by atoms with van der Waals surface area (Å²) in [6.45, 7) is 6.38. The van der Waals surface area contributed by atoms with Crippen molar-refractivity contribution in [3.63, 3.8) is 0 Å².